The second-order valence-corrected chi connectivity index (χ2v) is 3.96. The first kappa shape index (κ1) is 17.6. The molecule has 0 aliphatic rings. The molecule has 0 aliphatic carbocycles. The first-order valence-electron chi connectivity index (χ1n) is 3.94. The van der Waals surface area contributed by atoms with E-state index in [-0.39, 0.29) is 64.9 Å². The van der Waals surface area contributed by atoms with Crippen LogP contribution in [0.3, 0.4) is 0 Å². The third kappa shape index (κ3) is 4.67. The maximum atomic E-state index is 12.7. The Bertz CT molecular complexity index is 555. The number of H-pyrrole nitrogens is 1. The third-order valence-corrected chi connectivity index (χ3v) is 2.24. The largest absolute Gasteiger partial charge is 1.00 e. The number of aromatic nitrogens is 1. The first-order chi connectivity index (χ1) is 6.96. The summed E-state index contributed by atoms with van der Waals surface area (Å²) >= 11 is 0. The minimum atomic E-state index is -5.08. The monoisotopic (exact) mass is 275 g/mol. The SMILES string of the molecule is O=P([O-])([O-])Oc1c[nH]c2cc(F)ccc12.[Na+].[Na+]. The molecule has 0 fully saturated rings. The topological polar surface area (TPSA) is 88.2 Å². The second kappa shape index (κ2) is 6.70. The van der Waals surface area contributed by atoms with E-state index in [0.717, 1.165) is 6.07 Å². The Morgan fingerprint density at radius 3 is 2.53 bits per heavy atom. The van der Waals surface area contributed by atoms with Crippen LogP contribution < -0.4 is 73.4 Å². The van der Waals surface area contributed by atoms with Crippen molar-refractivity contribution in [1.82, 2.24) is 4.98 Å². The minimum absolute atomic E-state index is 0. The van der Waals surface area contributed by atoms with Gasteiger partial charge in [-0.15, -0.1) is 0 Å². The van der Waals surface area contributed by atoms with Gasteiger partial charge in [-0.05, 0) is 18.2 Å². The number of aromatic amines is 1. The van der Waals surface area contributed by atoms with Crippen molar-refractivity contribution < 1.29 is 82.4 Å². The van der Waals surface area contributed by atoms with Gasteiger partial charge in [0.25, 0.3) is 0 Å². The van der Waals surface area contributed by atoms with E-state index in [1.54, 1.807) is 0 Å². The molecule has 9 heteroatoms. The zero-order valence-electron chi connectivity index (χ0n) is 9.27. The molecule has 5 nitrogen and oxygen atoms in total. The fraction of sp³-hybridized carbons (Fsp3) is 0. The Balaban J connectivity index is 0.00000128. The van der Waals surface area contributed by atoms with Crippen molar-refractivity contribution >= 4 is 18.7 Å². The molecule has 0 amide bonds. The van der Waals surface area contributed by atoms with Gasteiger partial charge in [-0.3, -0.25) is 0 Å². The molecule has 0 saturated heterocycles. The summed E-state index contributed by atoms with van der Waals surface area (Å²) in [5.74, 6) is -0.596. The number of nitrogens with one attached hydrogen (secondary N) is 1. The number of halogens is 1. The van der Waals surface area contributed by atoms with Crippen LogP contribution in [0.25, 0.3) is 10.9 Å². The number of hydrogen-bond acceptors (Lipinski definition) is 4. The van der Waals surface area contributed by atoms with Crippen LogP contribution in [-0.2, 0) is 4.57 Å². The van der Waals surface area contributed by atoms with Gasteiger partial charge < -0.3 is 23.9 Å². The Labute approximate surface area is 141 Å². The van der Waals surface area contributed by atoms with Gasteiger partial charge in [0.05, 0.1) is 5.52 Å². The standard InChI is InChI=1S/C8H7FNO4P.2Na/c9-5-1-2-6-7(3-5)10-4-8(6)14-15(11,12)13;;/h1-4,10H,(H2,11,12,13);;/q;2*+1/p-2. The van der Waals surface area contributed by atoms with Crippen molar-refractivity contribution in [3.8, 4) is 5.75 Å². The van der Waals surface area contributed by atoms with Crippen LogP contribution in [0, 0.1) is 5.82 Å². The van der Waals surface area contributed by atoms with Crippen LogP contribution >= 0.6 is 7.82 Å². The van der Waals surface area contributed by atoms with E-state index in [2.05, 4.69) is 9.51 Å². The molecule has 0 saturated carbocycles. The average Bonchev–Trinajstić information content (AvgIpc) is 2.45. The zero-order valence-corrected chi connectivity index (χ0v) is 14.2. The molecule has 0 aliphatic heterocycles. The normalized spacial score (nSPS) is 10.5. The van der Waals surface area contributed by atoms with Crippen molar-refractivity contribution in [2.24, 2.45) is 0 Å². The molecule has 0 atom stereocenters. The molecule has 2 rings (SSSR count). The summed E-state index contributed by atoms with van der Waals surface area (Å²) in [4.78, 5) is 23.3. The molecule has 80 valence electrons. The molecule has 17 heavy (non-hydrogen) atoms. The molecule has 1 aromatic carbocycles. The van der Waals surface area contributed by atoms with Gasteiger partial charge in [0, 0.05) is 11.6 Å². The molecule has 1 heterocycles. The number of fused-ring (bicyclic) bond motifs is 1. The van der Waals surface area contributed by atoms with E-state index in [0.29, 0.717) is 10.9 Å². The quantitative estimate of drug-likeness (QED) is 0.437. The molecular formula is C8H5FNNa2O4P. The first-order valence-corrected chi connectivity index (χ1v) is 5.40. The fourth-order valence-corrected chi connectivity index (χ4v) is 1.66. The summed E-state index contributed by atoms with van der Waals surface area (Å²) in [5, 5.41) is 0.336. The molecule has 0 radical (unpaired) electrons. The summed E-state index contributed by atoms with van der Waals surface area (Å²) in [6.07, 6.45) is 1.19. The van der Waals surface area contributed by atoms with Crippen molar-refractivity contribution in [3.63, 3.8) is 0 Å². The smallest absolute Gasteiger partial charge is 0.780 e. The van der Waals surface area contributed by atoms with E-state index < -0.39 is 13.6 Å². The van der Waals surface area contributed by atoms with Gasteiger partial charge >= 0.3 is 59.1 Å². The summed E-state index contributed by atoms with van der Waals surface area (Å²) in [6, 6.07) is 3.64. The van der Waals surface area contributed by atoms with E-state index >= 15 is 0 Å². The molecule has 2 aromatic rings. The van der Waals surface area contributed by atoms with E-state index in [1.165, 1.54) is 18.3 Å². The van der Waals surface area contributed by atoms with Gasteiger partial charge in [-0.1, -0.05) is 0 Å². The maximum Gasteiger partial charge on any atom is 1.00 e. The predicted octanol–water partition coefficient (Wildman–Crippen LogP) is -5.48. The van der Waals surface area contributed by atoms with Crippen molar-refractivity contribution in [2.75, 3.05) is 0 Å². The van der Waals surface area contributed by atoms with Crippen molar-refractivity contribution in [2.45, 2.75) is 0 Å². The summed E-state index contributed by atoms with van der Waals surface area (Å²) in [5.41, 5.74) is 0.360. The number of rotatable bonds is 2. The Morgan fingerprint density at radius 2 is 1.94 bits per heavy atom. The van der Waals surface area contributed by atoms with Crippen LogP contribution in [-0.4, -0.2) is 4.98 Å². The van der Waals surface area contributed by atoms with E-state index in [1.807, 2.05) is 0 Å². The molecule has 0 unspecified atom stereocenters. The predicted molar refractivity (Wildman–Crippen MR) is 46.5 cm³/mol. The summed E-state index contributed by atoms with van der Waals surface area (Å²) < 4.78 is 27.3. The van der Waals surface area contributed by atoms with Crippen LogP contribution in [0.15, 0.2) is 24.4 Å². The van der Waals surface area contributed by atoms with Crippen LogP contribution in [0.2, 0.25) is 0 Å². The van der Waals surface area contributed by atoms with Crippen molar-refractivity contribution in [1.29, 1.82) is 0 Å². The number of benzene rings is 1. The average molecular weight is 275 g/mol. The Hall–Kier alpha value is 0.640. The van der Waals surface area contributed by atoms with Gasteiger partial charge in [0.2, 0.25) is 0 Å². The van der Waals surface area contributed by atoms with Crippen LogP contribution in [0.1, 0.15) is 0 Å². The number of hydrogen-bond donors (Lipinski definition) is 1. The second-order valence-electron chi connectivity index (χ2n) is 2.88. The summed E-state index contributed by atoms with van der Waals surface area (Å²) in [6.45, 7) is 0. The zero-order chi connectivity index (χ0) is 11.1. The van der Waals surface area contributed by atoms with Crippen LogP contribution in [0.5, 0.6) is 5.75 Å². The van der Waals surface area contributed by atoms with Gasteiger partial charge in [0.15, 0.2) is 0 Å². The fourth-order valence-electron chi connectivity index (χ4n) is 1.27. The van der Waals surface area contributed by atoms with Gasteiger partial charge in [-0.2, -0.15) is 0 Å². The minimum Gasteiger partial charge on any atom is -0.780 e. The van der Waals surface area contributed by atoms with Gasteiger partial charge in [-0.25, -0.2) is 4.39 Å². The van der Waals surface area contributed by atoms with Gasteiger partial charge in [0.1, 0.15) is 19.4 Å². The van der Waals surface area contributed by atoms with E-state index in [4.69, 9.17) is 0 Å². The molecule has 1 N–H and O–H groups in total. The van der Waals surface area contributed by atoms with E-state index in [9.17, 15) is 18.7 Å². The number of phosphoric acid groups is 1. The number of phosphoric ester groups is 1. The maximum absolute atomic E-state index is 12.7. The Morgan fingerprint density at radius 1 is 1.29 bits per heavy atom. The molecule has 0 bridgehead atoms. The molecule has 0 spiro atoms. The Kier molecular flexibility index (Phi) is 6.96. The third-order valence-electron chi connectivity index (χ3n) is 1.82. The molecule has 1 aromatic heterocycles. The molecular weight excluding hydrogens is 270 g/mol. The van der Waals surface area contributed by atoms with Crippen molar-refractivity contribution in [3.05, 3.63) is 30.2 Å². The summed E-state index contributed by atoms with van der Waals surface area (Å²) in [7, 11) is -5.08. The van der Waals surface area contributed by atoms with Crippen LogP contribution in [0.4, 0.5) is 4.39 Å².